The predicted molar refractivity (Wildman–Crippen MR) is 58.2 cm³/mol. The van der Waals surface area contributed by atoms with E-state index in [1.807, 2.05) is 32.1 Å². The zero-order valence-electron chi connectivity index (χ0n) is 8.36. The summed E-state index contributed by atoms with van der Waals surface area (Å²) >= 11 is 0. The lowest BCUT2D eigenvalue weighted by molar-refractivity contribution is 0.403. The molecular formula is C12H14O2. The lowest BCUT2D eigenvalue weighted by Crippen LogP contribution is -1.75. The molecule has 0 saturated carbocycles. The summed E-state index contributed by atoms with van der Waals surface area (Å²) in [4.78, 5) is 0. The van der Waals surface area contributed by atoms with Crippen LogP contribution in [0.3, 0.4) is 0 Å². The third kappa shape index (κ3) is 2.66. The van der Waals surface area contributed by atoms with Gasteiger partial charge < -0.3 is 10.2 Å². The van der Waals surface area contributed by atoms with Crippen molar-refractivity contribution < 1.29 is 10.2 Å². The fourth-order valence-electron chi connectivity index (χ4n) is 1.20. The first-order valence-corrected chi connectivity index (χ1v) is 4.46. The molecule has 0 aliphatic heterocycles. The van der Waals surface area contributed by atoms with Crippen molar-refractivity contribution >= 4 is 6.08 Å². The molecule has 0 aliphatic rings. The Morgan fingerprint density at radius 1 is 1.21 bits per heavy atom. The van der Waals surface area contributed by atoms with Gasteiger partial charge in [-0.25, -0.2) is 0 Å². The quantitative estimate of drug-likeness (QED) is 0.555. The topological polar surface area (TPSA) is 40.5 Å². The number of aromatic hydroxyl groups is 2. The van der Waals surface area contributed by atoms with Crippen LogP contribution in [0, 0.1) is 0 Å². The summed E-state index contributed by atoms with van der Waals surface area (Å²) < 4.78 is 0. The maximum Gasteiger partial charge on any atom is 0.157 e. The summed E-state index contributed by atoms with van der Waals surface area (Å²) in [5.74, 6) is -0.183. The van der Waals surface area contributed by atoms with Gasteiger partial charge in [-0.05, 0) is 31.5 Å². The summed E-state index contributed by atoms with van der Waals surface area (Å²) in [7, 11) is 0. The molecule has 1 aromatic rings. The normalized spacial score (nSPS) is 12.3. The van der Waals surface area contributed by atoms with Crippen LogP contribution in [0.4, 0.5) is 0 Å². The molecule has 0 aliphatic carbocycles. The van der Waals surface area contributed by atoms with E-state index in [1.165, 1.54) is 12.1 Å². The fraction of sp³-hybridized carbons (Fsp3) is 0.167. The van der Waals surface area contributed by atoms with E-state index >= 15 is 0 Å². The van der Waals surface area contributed by atoms with E-state index in [4.69, 9.17) is 5.11 Å². The van der Waals surface area contributed by atoms with Crippen LogP contribution in [0.1, 0.15) is 19.4 Å². The Labute approximate surface area is 83.8 Å². The van der Waals surface area contributed by atoms with Crippen LogP contribution in [-0.2, 0) is 0 Å². The molecule has 0 bridgehead atoms. The smallest absolute Gasteiger partial charge is 0.157 e. The molecule has 0 atom stereocenters. The van der Waals surface area contributed by atoms with Crippen molar-refractivity contribution in [2.24, 2.45) is 0 Å². The van der Waals surface area contributed by atoms with E-state index in [-0.39, 0.29) is 11.5 Å². The second-order valence-electron chi connectivity index (χ2n) is 3.14. The Morgan fingerprint density at radius 3 is 2.50 bits per heavy atom. The van der Waals surface area contributed by atoms with Gasteiger partial charge >= 0.3 is 0 Å². The fourth-order valence-corrected chi connectivity index (χ4v) is 1.20. The van der Waals surface area contributed by atoms with Crippen molar-refractivity contribution in [1.82, 2.24) is 0 Å². The zero-order valence-corrected chi connectivity index (χ0v) is 8.36. The molecule has 0 amide bonds. The van der Waals surface area contributed by atoms with Gasteiger partial charge in [0.25, 0.3) is 0 Å². The highest BCUT2D eigenvalue weighted by Gasteiger charge is 1.97. The Morgan fingerprint density at radius 2 is 1.93 bits per heavy atom. The number of rotatable bonds is 2. The molecule has 0 saturated heterocycles. The average molecular weight is 190 g/mol. The van der Waals surface area contributed by atoms with E-state index in [9.17, 15) is 5.11 Å². The highest BCUT2D eigenvalue weighted by atomic mass is 16.3. The van der Waals surface area contributed by atoms with Crippen molar-refractivity contribution in [1.29, 1.82) is 0 Å². The molecule has 2 heteroatoms. The standard InChI is InChI=1S/C12H14O2/c1-3-4-9(2)7-10-5-6-11(13)12(14)8-10/h3-8,13-14H,1-2H3/b4-3-,9-7+. The molecule has 0 radical (unpaired) electrons. The van der Waals surface area contributed by atoms with E-state index < -0.39 is 0 Å². The van der Waals surface area contributed by atoms with Gasteiger partial charge in [-0.3, -0.25) is 0 Å². The molecule has 0 heterocycles. The Bertz CT molecular complexity index is 376. The highest BCUT2D eigenvalue weighted by Crippen LogP contribution is 2.25. The molecular weight excluding hydrogens is 176 g/mol. The maximum atomic E-state index is 9.25. The van der Waals surface area contributed by atoms with Crippen molar-refractivity contribution in [2.75, 3.05) is 0 Å². The van der Waals surface area contributed by atoms with E-state index in [0.29, 0.717) is 0 Å². The van der Waals surface area contributed by atoms with Gasteiger partial charge in [0.15, 0.2) is 11.5 Å². The average Bonchev–Trinajstić information content (AvgIpc) is 2.12. The van der Waals surface area contributed by atoms with Crippen LogP contribution >= 0.6 is 0 Å². The molecule has 1 rings (SSSR count). The lowest BCUT2D eigenvalue weighted by Gasteiger charge is -1.99. The number of hydrogen-bond acceptors (Lipinski definition) is 2. The molecule has 1 aromatic carbocycles. The first-order chi connectivity index (χ1) is 6.63. The summed E-state index contributed by atoms with van der Waals surface area (Å²) in [5, 5.41) is 18.3. The number of phenols is 2. The van der Waals surface area contributed by atoms with Gasteiger partial charge in [-0.1, -0.05) is 29.9 Å². The van der Waals surface area contributed by atoms with Gasteiger partial charge in [-0.15, -0.1) is 0 Å². The lowest BCUT2D eigenvalue weighted by atomic mass is 10.1. The molecule has 2 nitrogen and oxygen atoms in total. The number of allylic oxidation sites excluding steroid dienone is 3. The minimum Gasteiger partial charge on any atom is -0.504 e. The van der Waals surface area contributed by atoms with Crippen LogP contribution in [0.25, 0.3) is 6.08 Å². The maximum absolute atomic E-state index is 9.25. The molecule has 74 valence electrons. The Hall–Kier alpha value is -1.70. The number of benzene rings is 1. The minimum atomic E-state index is -0.0918. The van der Waals surface area contributed by atoms with E-state index in [1.54, 1.807) is 6.07 Å². The monoisotopic (exact) mass is 190 g/mol. The molecule has 14 heavy (non-hydrogen) atoms. The summed E-state index contributed by atoms with van der Waals surface area (Å²) in [5.41, 5.74) is 1.97. The van der Waals surface area contributed by atoms with Gasteiger partial charge in [0.2, 0.25) is 0 Å². The molecule has 0 aromatic heterocycles. The van der Waals surface area contributed by atoms with Gasteiger partial charge in [0.05, 0.1) is 0 Å². The van der Waals surface area contributed by atoms with Crippen LogP contribution in [0.15, 0.2) is 35.9 Å². The van der Waals surface area contributed by atoms with Gasteiger partial charge in [-0.2, -0.15) is 0 Å². The second-order valence-corrected chi connectivity index (χ2v) is 3.14. The SMILES string of the molecule is C/C=C\C(C)=C\c1ccc(O)c(O)c1. The first-order valence-electron chi connectivity index (χ1n) is 4.46. The van der Waals surface area contributed by atoms with Crippen molar-refractivity contribution in [3.8, 4) is 11.5 Å². The zero-order chi connectivity index (χ0) is 10.6. The summed E-state index contributed by atoms with van der Waals surface area (Å²) in [6, 6.07) is 4.76. The Kier molecular flexibility index (Phi) is 3.35. The van der Waals surface area contributed by atoms with Crippen molar-refractivity contribution in [2.45, 2.75) is 13.8 Å². The van der Waals surface area contributed by atoms with Gasteiger partial charge in [0, 0.05) is 0 Å². The second kappa shape index (κ2) is 4.51. The third-order valence-corrected chi connectivity index (χ3v) is 1.82. The van der Waals surface area contributed by atoms with Crippen LogP contribution in [0.2, 0.25) is 0 Å². The molecule has 2 N–H and O–H groups in total. The highest BCUT2D eigenvalue weighted by molar-refractivity contribution is 5.58. The molecule has 0 spiro atoms. The summed E-state index contributed by atoms with van der Waals surface area (Å²) in [6.07, 6.45) is 5.86. The van der Waals surface area contributed by atoms with E-state index in [2.05, 4.69) is 0 Å². The largest absolute Gasteiger partial charge is 0.504 e. The number of phenolic OH excluding ortho intramolecular Hbond substituents is 2. The van der Waals surface area contributed by atoms with Gasteiger partial charge in [0.1, 0.15) is 0 Å². The number of hydrogen-bond donors (Lipinski definition) is 2. The molecule has 0 unspecified atom stereocenters. The first kappa shape index (κ1) is 10.4. The Balaban J connectivity index is 2.98. The molecule has 0 fully saturated rings. The summed E-state index contributed by atoms with van der Waals surface area (Å²) in [6.45, 7) is 3.93. The minimum absolute atomic E-state index is 0.0907. The van der Waals surface area contributed by atoms with E-state index in [0.717, 1.165) is 11.1 Å². The van der Waals surface area contributed by atoms with Crippen LogP contribution in [0.5, 0.6) is 11.5 Å². The van der Waals surface area contributed by atoms with Crippen LogP contribution in [-0.4, -0.2) is 10.2 Å². The van der Waals surface area contributed by atoms with Crippen LogP contribution < -0.4 is 0 Å². The predicted octanol–water partition coefficient (Wildman–Crippen LogP) is 3.08. The van der Waals surface area contributed by atoms with Crippen molar-refractivity contribution in [3.63, 3.8) is 0 Å². The van der Waals surface area contributed by atoms with Crippen molar-refractivity contribution in [3.05, 3.63) is 41.5 Å². The third-order valence-electron chi connectivity index (χ3n) is 1.82.